The van der Waals surface area contributed by atoms with Crippen LogP contribution < -0.4 is 4.90 Å². The number of hydrogen-bond donors (Lipinski definition) is 0. The Kier molecular flexibility index (Phi) is 7.24. The van der Waals surface area contributed by atoms with E-state index in [0.29, 0.717) is 18.2 Å². The number of likely N-dealkylation sites (tertiary alicyclic amines) is 1. The molecule has 0 N–H and O–H groups in total. The molecule has 2 aliphatic heterocycles. The molecule has 0 spiro atoms. The topological polar surface area (TPSA) is 39.7 Å². The second-order valence-electron chi connectivity index (χ2n) is 8.47. The van der Waals surface area contributed by atoms with E-state index in [0.717, 1.165) is 63.1 Å². The Labute approximate surface area is 184 Å². The van der Waals surface area contributed by atoms with E-state index < -0.39 is 0 Å². The lowest BCUT2D eigenvalue weighted by Gasteiger charge is -2.36. The maximum atomic E-state index is 12.8. The van der Waals surface area contributed by atoms with E-state index in [1.54, 1.807) is 0 Å². The van der Waals surface area contributed by atoms with Crippen molar-refractivity contribution in [3.05, 3.63) is 59.2 Å². The van der Waals surface area contributed by atoms with Gasteiger partial charge < -0.3 is 9.80 Å². The molecule has 6 heteroatoms. The van der Waals surface area contributed by atoms with Gasteiger partial charge in [0.1, 0.15) is 5.82 Å². The van der Waals surface area contributed by atoms with Crippen LogP contribution >= 0.6 is 11.6 Å². The Morgan fingerprint density at radius 1 is 1.07 bits per heavy atom. The van der Waals surface area contributed by atoms with Gasteiger partial charge in [0.05, 0.1) is 0 Å². The van der Waals surface area contributed by atoms with Crippen molar-refractivity contribution in [1.29, 1.82) is 0 Å². The summed E-state index contributed by atoms with van der Waals surface area (Å²) in [6.45, 7) is 6.46. The molecule has 160 valence electrons. The predicted molar refractivity (Wildman–Crippen MR) is 122 cm³/mol. The Hall–Kier alpha value is -2.11. The number of aromatic nitrogens is 1. The summed E-state index contributed by atoms with van der Waals surface area (Å²) in [4.78, 5) is 24.0. The zero-order valence-electron chi connectivity index (χ0n) is 17.5. The van der Waals surface area contributed by atoms with Gasteiger partial charge in [-0.3, -0.25) is 9.69 Å². The molecule has 2 aliphatic rings. The Balaban J connectivity index is 1.20. The van der Waals surface area contributed by atoms with E-state index in [1.807, 2.05) is 41.4 Å². The van der Waals surface area contributed by atoms with Crippen molar-refractivity contribution in [2.45, 2.75) is 32.2 Å². The highest BCUT2D eigenvalue weighted by Crippen LogP contribution is 2.24. The largest absolute Gasteiger partial charge is 0.353 e. The van der Waals surface area contributed by atoms with Crippen LogP contribution in [0.15, 0.2) is 48.7 Å². The molecule has 4 rings (SSSR count). The highest BCUT2D eigenvalue weighted by Gasteiger charge is 2.24. The normalized spacial score (nSPS) is 20.4. The predicted octanol–water partition coefficient (Wildman–Crippen LogP) is 4.08. The summed E-state index contributed by atoms with van der Waals surface area (Å²) in [7, 11) is 0. The summed E-state index contributed by atoms with van der Waals surface area (Å²) in [5.74, 6) is 1.92. The fourth-order valence-electron chi connectivity index (χ4n) is 4.64. The number of carbonyl (C=O) groups excluding carboxylic acids is 1. The number of halogens is 1. The highest BCUT2D eigenvalue weighted by molar-refractivity contribution is 6.30. The minimum Gasteiger partial charge on any atom is -0.353 e. The van der Waals surface area contributed by atoms with Crippen LogP contribution in [0.5, 0.6) is 0 Å². The molecule has 2 saturated heterocycles. The summed E-state index contributed by atoms with van der Waals surface area (Å²) in [5, 5.41) is 0.801. The third kappa shape index (κ3) is 5.73. The molecule has 3 heterocycles. The van der Waals surface area contributed by atoms with Gasteiger partial charge in [0.2, 0.25) is 5.91 Å². The van der Waals surface area contributed by atoms with Crippen LogP contribution in [0.25, 0.3) is 0 Å². The SMILES string of the molecule is O=C(CC[C@H]1CCCN(Cc2cccc(Cl)c2)C1)N1CCN(c2ccccn2)CC1. The van der Waals surface area contributed by atoms with Gasteiger partial charge in [0.25, 0.3) is 0 Å². The van der Waals surface area contributed by atoms with Gasteiger partial charge in [-0.05, 0) is 61.6 Å². The summed E-state index contributed by atoms with van der Waals surface area (Å²) >= 11 is 6.13. The van der Waals surface area contributed by atoms with E-state index in [1.165, 1.54) is 18.4 Å². The van der Waals surface area contributed by atoms with E-state index in [9.17, 15) is 4.79 Å². The van der Waals surface area contributed by atoms with Gasteiger partial charge in [-0.1, -0.05) is 29.8 Å². The Morgan fingerprint density at radius 3 is 2.70 bits per heavy atom. The number of amides is 1. The smallest absolute Gasteiger partial charge is 0.222 e. The van der Waals surface area contributed by atoms with Crippen LogP contribution in [0, 0.1) is 5.92 Å². The van der Waals surface area contributed by atoms with Crippen molar-refractivity contribution in [3.63, 3.8) is 0 Å². The van der Waals surface area contributed by atoms with Crippen LogP contribution in [-0.4, -0.2) is 60.0 Å². The number of piperidine rings is 1. The molecule has 0 saturated carbocycles. The van der Waals surface area contributed by atoms with E-state index >= 15 is 0 Å². The van der Waals surface area contributed by atoms with Crippen molar-refractivity contribution >= 4 is 23.3 Å². The first-order valence-electron chi connectivity index (χ1n) is 11.1. The first kappa shape index (κ1) is 21.1. The van der Waals surface area contributed by atoms with Gasteiger partial charge >= 0.3 is 0 Å². The van der Waals surface area contributed by atoms with Gasteiger partial charge in [0, 0.05) is 56.9 Å². The van der Waals surface area contributed by atoms with Gasteiger partial charge in [0.15, 0.2) is 0 Å². The second kappa shape index (κ2) is 10.3. The van der Waals surface area contributed by atoms with Crippen molar-refractivity contribution in [2.75, 3.05) is 44.2 Å². The molecule has 30 heavy (non-hydrogen) atoms. The van der Waals surface area contributed by atoms with Crippen LogP contribution in [0.2, 0.25) is 5.02 Å². The molecular formula is C24H31ClN4O. The lowest BCUT2D eigenvalue weighted by molar-refractivity contribution is -0.131. The lowest BCUT2D eigenvalue weighted by Crippen LogP contribution is -2.49. The number of anilines is 1. The molecule has 0 unspecified atom stereocenters. The molecule has 1 amide bonds. The van der Waals surface area contributed by atoms with Crippen molar-refractivity contribution in [2.24, 2.45) is 5.92 Å². The molecule has 0 bridgehead atoms. The fourth-order valence-corrected chi connectivity index (χ4v) is 4.85. The summed E-state index contributed by atoms with van der Waals surface area (Å²) < 4.78 is 0. The molecular weight excluding hydrogens is 396 g/mol. The van der Waals surface area contributed by atoms with Gasteiger partial charge in [-0.25, -0.2) is 4.98 Å². The Bertz CT molecular complexity index is 823. The minimum absolute atomic E-state index is 0.308. The summed E-state index contributed by atoms with van der Waals surface area (Å²) in [6, 6.07) is 14.1. The number of nitrogens with zero attached hydrogens (tertiary/aromatic N) is 4. The van der Waals surface area contributed by atoms with Crippen LogP contribution in [-0.2, 0) is 11.3 Å². The van der Waals surface area contributed by atoms with Crippen molar-refractivity contribution in [3.8, 4) is 0 Å². The second-order valence-corrected chi connectivity index (χ2v) is 8.90. The zero-order valence-corrected chi connectivity index (χ0v) is 18.3. The van der Waals surface area contributed by atoms with E-state index in [2.05, 4.69) is 26.9 Å². The average Bonchev–Trinajstić information content (AvgIpc) is 2.78. The van der Waals surface area contributed by atoms with Gasteiger partial charge in [-0.2, -0.15) is 0 Å². The number of pyridine rings is 1. The maximum absolute atomic E-state index is 12.8. The van der Waals surface area contributed by atoms with Crippen LogP contribution in [0.1, 0.15) is 31.2 Å². The average molecular weight is 427 g/mol. The highest BCUT2D eigenvalue weighted by atomic mass is 35.5. The fraction of sp³-hybridized carbons (Fsp3) is 0.500. The molecule has 2 aromatic rings. The number of benzene rings is 1. The van der Waals surface area contributed by atoms with Crippen molar-refractivity contribution < 1.29 is 4.79 Å². The third-order valence-electron chi connectivity index (χ3n) is 6.27. The number of hydrogen-bond acceptors (Lipinski definition) is 4. The Morgan fingerprint density at radius 2 is 1.93 bits per heavy atom. The number of piperazine rings is 1. The minimum atomic E-state index is 0.308. The molecule has 5 nitrogen and oxygen atoms in total. The lowest BCUT2D eigenvalue weighted by atomic mass is 9.92. The molecule has 1 aromatic heterocycles. The zero-order chi connectivity index (χ0) is 20.8. The standard InChI is InChI=1S/C24H31ClN4O/c25-22-7-3-5-21(17-22)19-27-12-4-6-20(18-27)9-10-24(30)29-15-13-28(14-16-29)23-8-1-2-11-26-23/h1-3,5,7-8,11,17,20H,4,6,9-10,12-16,18-19H2/t20-/m1/s1. The van der Waals surface area contributed by atoms with Crippen molar-refractivity contribution in [1.82, 2.24) is 14.8 Å². The summed E-state index contributed by atoms with van der Waals surface area (Å²) in [5.41, 5.74) is 1.27. The quantitative estimate of drug-likeness (QED) is 0.697. The third-order valence-corrected chi connectivity index (χ3v) is 6.51. The number of carbonyl (C=O) groups is 1. The molecule has 1 aromatic carbocycles. The van der Waals surface area contributed by atoms with Crippen LogP contribution in [0.4, 0.5) is 5.82 Å². The number of rotatable bonds is 6. The molecule has 2 fully saturated rings. The van der Waals surface area contributed by atoms with Gasteiger partial charge in [-0.15, -0.1) is 0 Å². The van der Waals surface area contributed by atoms with E-state index in [4.69, 9.17) is 11.6 Å². The molecule has 0 aliphatic carbocycles. The van der Waals surface area contributed by atoms with E-state index in [-0.39, 0.29) is 0 Å². The molecule has 1 atom stereocenters. The molecule has 0 radical (unpaired) electrons. The van der Waals surface area contributed by atoms with Crippen LogP contribution in [0.3, 0.4) is 0 Å². The monoisotopic (exact) mass is 426 g/mol. The first-order valence-corrected chi connectivity index (χ1v) is 11.5. The summed E-state index contributed by atoms with van der Waals surface area (Å²) in [6.07, 6.45) is 5.92. The maximum Gasteiger partial charge on any atom is 0.222 e. The first-order chi connectivity index (χ1) is 14.7.